The monoisotopic (exact) mass is 352 g/mol. The molecule has 11 nitrogen and oxygen atoms in total. The average molecular weight is 352 g/mol. The maximum atomic E-state index is 11.8. The highest BCUT2D eigenvalue weighted by atomic mass is 31.2. The van der Waals surface area contributed by atoms with Gasteiger partial charge in [0, 0.05) is 18.7 Å². The molecule has 0 bridgehead atoms. The van der Waals surface area contributed by atoms with Crippen LogP contribution in [0.5, 0.6) is 0 Å². The summed E-state index contributed by atoms with van der Waals surface area (Å²) in [5, 5.41) is 20.4. The third kappa shape index (κ3) is 4.15. The van der Waals surface area contributed by atoms with Crippen molar-refractivity contribution in [2.24, 2.45) is 0 Å². The van der Waals surface area contributed by atoms with Gasteiger partial charge in [-0.15, -0.1) is 0 Å². The molecule has 4 atom stereocenters. The van der Waals surface area contributed by atoms with Crippen LogP contribution in [0.25, 0.3) is 0 Å². The van der Waals surface area contributed by atoms with Crippen molar-refractivity contribution in [2.75, 3.05) is 6.61 Å². The maximum Gasteiger partial charge on any atom is 0.469 e. The highest BCUT2D eigenvalue weighted by Crippen LogP contribution is 2.39. The Kier molecular flexibility index (Phi) is 4.92. The third-order valence-corrected chi connectivity index (χ3v) is 4.00. The van der Waals surface area contributed by atoms with Crippen LogP contribution in [0.1, 0.15) is 19.6 Å². The van der Waals surface area contributed by atoms with Gasteiger partial charge in [-0.1, -0.05) is 0 Å². The molecule has 0 radical (unpaired) electrons. The lowest BCUT2D eigenvalue weighted by molar-refractivity contribution is -0.252. The van der Waals surface area contributed by atoms with Gasteiger partial charge < -0.3 is 24.7 Å². The quantitative estimate of drug-likeness (QED) is 0.386. The number of rotatable bonds is 4. The molecule has 1 fully saturated rings. The summed E-state index contributed by atoms with van der Waals surface area (Å²) >= 11 is 0. The van der Waals surface area contributed by atoms with Crippen LogP contribution in [-0.2, 0) is 13.8 Å². The van der Waals surface area contributed by atoms with Gasteiger partial charge in [0.1, 0.15) is 5.60 Å². The Morgan fingerprint density at radius 1 is 1.52 bits per heavy atom. The van der Waals surface area contributed by atoms with Crippen molar-refractivity contribution >= 4 is 7.82 Å². The molecule has 2 rings (SSSR count). The summed E-state index contributed by atoms with van der Waals surface area (Å²) in [4.78, 5) is 42.3. The van der Waals surface area contributed by atoms with Crippen LogP contribution in [0.2, 0.25) is 0 Å². The van der Waals surface area contributed by atoms with E-state index in [9.17, 15) is 24.4 Å². The highest BCUT2D eigenvalue weighted by Gasteiger charge is 2.48. The molecule has 0 spiro atoms. The molecule has 5 N–H and O–H groups in total. The minimum Gasteiger partial charge on any atom is -0.390 e. The number of aliphatic hydroxyl groups is 2. The zero-order valence-corrected chi connectivity index (χ0v) is 12.9. The van der Waals surface area contributed by atoms with Crippen LogP contribution >= 0.6 is 7.82 Å². The lowest BCUT2D eigenvalue weighted by atomic mass is 9.89. The van der Waals surface area contributed by atoms with Crippen molar-refractivity contribution in [2.45, 2.75) is 37.4 Å². The molecule has 2 heterocycles. The summed E-state index contributed by atoms with van der Waals surface area (Å²) in [6.45, 7) is 0.686. The fourth-order valence-corrected chi connectivity index (χ4v) is 2.63. The van der Waals surface area contributed by atoms with Gasteiger partial charge in [0.15, 0.2) is 6.23 Å². The molecule has 1 aromatic rings. The number of hydrogen-bond donors (Lipinski definition) is 5. The Labute approximate surface area is 129 Å². The molecule has 1 aromatic heterocycles. The average Bonchev–Trinajstić information content (AvgIpc) is 2.40. The summed E-state index contributed by atoms with van der Waals surface area (Å²) in [6, 6.07) is 1.03. The largest absolute Gasteiger partial charge is 0.469 e. The van der Waals surface area contributed by atoms with Gasteiger partial charge >= 0.3 is 13.5 Å². The van der Waals surface area contributed by atoms with E-state index in [1.165, 1.54) is 6.92 Å². The molecule has 130 valence electrons. The molecule has 2 unspecified atom stereocenters. The van der Waals surface area contributed by atoms with Crippen LogP contribution in [0.3, 0.4) is 0 Å². The number of H-pyrrole nitrogens is 1. The zero-order valence-electron chi connectivity index (χ0n) is 12.0. The van der Waals surface area contributed by atoms with Crippen LogP contribution in [0.15, 0.2) is 21.9 Å². The molecule has 0 aromatic carbocycles. The van der Waals surface area contributed by atoms with Gasteiger partial charge in [-0.3, -0.25) is 18.9 Å². The summed E-state index contributed by atoms with van der Waals surface area (Å²) in [6.07, 6.45) is -2.81. The minimum atomic E-state index is -4.73. The van der Waals surface area contributed by atoms with Crippen LogP contribution in [-0.4, -0.2) is 54.0 Å². The van der Waals surface area contributed by atoms with Gasteiger partial charge in [0.25, 0.3) is 5.56 Å². The van der Waals surface area contributed by atoms with Gasteiger partial charge in [-0.05, 0) is 6.92 Å². The molecule has 23 heavy (non-hydrogen) atoms. The standard InChI is InChI=1S/C11H17N2O9P/c1-11(17)7(14)4-6(5-21-23(18,19)20)22-9(11)13-3-2-8(15)12-10(13)16/h2-3,6-7,9,14,17H,4-5H2,1H3,(H,12,15,16)(H2,18,19,20)/t6?,7-,9?,11-/m1/s1. The molecular formula is C11H17N2O9P. The van der Waals surface area contributed by atoms with E-state index >= 15 is 0 Å². The van der Waals surface area contributed by atoms with E-state index in [0.717, 1.165) is 16.8 Å². The molecule has 1 aliphatic rings. The smallest absolute Gasteiger partial charge is 0.390 e. The molecule has 0 aliphatic carbocycles. The fourth-order valence-electron chi connectivity index (χ4n) is 2.27. The second-order valence-electron chi connectivity index (χ2n) is 5.39. The topological polar surface area (TPSA) is 171 Å². The number of nitrogens with one attached hydrogen (secondary N) is 1. The van der Waals surface area contributed by atoms with Crippen molar-refractivity contribution in [1.29, 1.82) is 0 Å². The first kappa shape index (κ1) is 18.0. The van der Waals surface area contributed by atoms with Crippen LogP contribution in [0, 0.1) is 0 Å². The fraction of sp³-hybridized carbons (Fsp3) is 0.636. The third-order valence-electron chi connectivity index (χ3n) is 3.51. The number of aromatic nitrogens is 2. The van der Waals surface area contributed by atoms with Crippen LogP contribution < -0.4 is 11.2 Å². The van der Waals surface area contributed by atoms with Crippen molar-refractivity contribution in [3.05, 3.63) is 33.1 Å². The molecule has 0 amide bonds. The molecule has 0 saturated carbocycles. The first-order chi connectivity index (χ1) is 10.5. The first-order valence-electron chi connectivity index (χ1n) is 6.58. The van der Waals surface area contributed by atoms with E-state index in [-0.39, 0.29) is 6.42 Å². The summed E-state index contributed by atoms with van der Waals surface area (Å²) in [7, 11) is -4.73. The number of ether oxygens (including phenoxy) is 1. The summed E-state index contributed by atoms with van der Waals surface area (Å²) in [5.74, 6) is 0. The number of aliphatic hydroxyl groups excluding tert-OH is 1. The van der Waals surface area contributed by atoms with Crippen molar-refractivity contribution in [3.8, 4) is 0 Å². The molecule has 12 heteroatoms. The lowest BCUT2D eigenvalue weighted by Gasteiger charge is -2.44. The van der Waals surface area contributed by atoms with E-state index in [1.54, 1.807) is 0 Å². The lowest BCUT2D eigenvalue weighted by Crippen LogP contribution is -2.57. The predicted octanol–water partition coefficient (Wildman–Crippen LogP) is -1.95. The predicted molar refractivity (Wildman–Crippen MR) is 74.5 cm³/mol. The van der Waals surface area contributed by atoms with E-state index < -0.39 is 49.7 Å². The normalized spacial score (nSPS) is 32.0. The Hall–Kier alpha value is -1.33. The molecular weight excluding hydrogens is 335 g/mol. The van der Waals surface area contributed by atoms with E-state index in [1.807, 2.05) is 4.98 Å². The van der Waals surface area contributed by atoms with Gasteiger partial charge in [0.2, 0.25) is 0 Å². The van der Waals surface area contributed by atoms with Crippen molar-refractivity contribution < 1.29 is 33.8 Å². The summed E-state index contributed by atoms with van der Waals surface area (Å²) in [5.41, 5.74) is -3.39. The van der Waals surface area contributed by atoms with Gasteiger partial charge in [0.05, 0.1) is 18.8 Å². The second-order valence-corrected chi connectivity index (χ2v) is 6.63. The van der Waals surface area contributed by atoms with Crippen molar-refractivity contribution in [1.82, 2.24) is 9.55 Å². The minimum absolute atomic E-state index is 0.165. The number of phosphoric acid groups is 1. The zero-order chi connectivity index (χ0) is 17.4. The number of nitrogens with zero attached hydrogens (tertiary/aromatic N) is 1. The first-order valence-corrected chi connectivity index (χ1v) is 8.11. The maximum absolute atomic E-state index is 11.8. The van der Waals surface area contributed by atoms with Crippen LogP contribution in [0.4, 0.5) is 0 Å². The highest BCUT2D eigenvalue weighted by molar-refractivity contribution is 7.46. The molecule has 1 aliphatic heterocycles. The van der Waals surface area contributed by atoms with Gasteiger partial charge in [-0.25, -0.2) is 9.36 Å². The molecule has 1 saturated heterocycles. The van der Waals surface area contributed by atoms with Gasteiger partial charge in [-0.2, -0.15) is 0 Å². The Morgan fingerprint density at radius 3 is 2.74 bits per heavy atom. The summed E-state index contributed by atoms with van der Waals surface area (Å²) < 4.78 is 21.4. The number of hydrogen-bond acceptors (Lipinski definition) is 7. The number of aromatic amines is 1. The second kappa shape index (κ2) is 6.29. The number of phosphoric ester groups is 1. The Balaban J connectivity index is 2.29. The van der Waals surface area contributed by atoms with E-state index in [4.69, 9.17) is 14.5 Å². The Morgan fingerprint density at radius 2 is 2.17 bits per heavy atom. The van der Waals surface area contributed by atoms with Crippen molar-refractivity contribution in [3.63, 3.8) is 0 Å². The van der Waals surface area contributed by atoms with E-state index in [2.05, 4.69) is 4.52 Å². The Bertz CT molecular complexity index is 721. The van der Waals surface area contributed by atoms with E-state index in [0.29, 0.717) is 0 Å². The SMILES string of the molecule is C[C@]1(O)C(n2ccc(=O)[nH]c2=O)OC(COP(=O)(O)O)C[C@H]1O.